The Morgan fingerprint density at radius 1 is 0.553 bits per heavy atom. The number of hydrazine groups is 2. The van der Waals surface area contributed by atoms with E-state index in [0.29, 0.717) is 11.5 Å². The SMILES string of the molecule is CCCCCCCCc1ccc(C(=O)NNC(=O)CCSCCC(=O)NNC(=O)c2ccc(CCCCCCCC)cc2O)c(O)c1. The Balaban J connectivity index is 1.57. The molecule has 0 fully saturated rings. The summed E-state index contributed by atoms with van der Waals surface area (Å²) in [6.45, 7) is 4.38. The van der Waals surface area contributed by atoms with E-state index in [4.69, 9.17) is 0 Å². The van der Waals surface area contributed by atoms with Crippen molar-refractivity contribution in [3.05, 3.63) is 58.7 Å². The first-order valence-electron chi connectivity index (χ1n) is 17.1. The Labute approximate surface area is 284 Å². The minimum absolute atomic E-state index is 0.0835. The number of hydrogen-bond acceptors (Lipinski definition) is 7. The second-order valence-corrected chi connectivity index (χ2v) is 13.1. The van der Waals surface area contributed by atoms with Crippen LogP contribution in [0.1, 0.15) is 136 Å². The number of phenolic OH excluding ortho intramolecular Hbond substituents is 2. The van der Waals surface area contributed by atoms with Crippen LogP contribution in [0.25, 0.3) is 0 Å². The molecular formula is C36H54N4O6S. The van der Waals surface area contributed by atoms with Crippen LogP contribution in [0.2, 0.25) is 0 Å². The van der Waals surface area contributed by atoms with E-state index in [1.807, 2.05) is 12.1 Å². The molecule has 4 amide bonds. The standard InChI is InChI=1S/C36H54N4O6S/c1-3-5-7-9-11-13-15-27-17-19-29(31(41)25-27)35(45)39-37-33(43)21-23-47-24-22-34(44)38-40-36(46)30-20-18-28(26-32(30)42)16-14-12-10-8-6-4-2/h17-20,25-26,41-42H,3-16,21-24H2,1-2H3,(H,37,43)(H,38,44)(H,39,45)(H,40,46). The number of aromatic hydroxyl groups is 2. The molecule has 0 radical (unpaired) electrons. The summed E-state index contributed by atoms with van der Waals surface area (Å²) in [5.74, 6) is -1.44. The molecule has 47 heavy (non-hydrogen) atoms. The molecule has 0 spiro atoms. The second kappa shape index (κ2) is 23.6. The molecular weight excluding hydrogens is 616 g/mol. The lowest BCUT2D eigenvalue weighted by atomic mass is 10.0. The van der Waals surface area contributed by atoms with Gasteiger partial charge in [0.2, 0.25) is 11.8 Å². The maximum Gasteiger partial charge on any atom is 0.273 e. The lowest BCUT2D eigenvalue weighted by Crippen LogP contribution is -2.42. The van der Waals surface area contributed by atoms with E-state index in [1.165, 1.54) is 63.1 Å². The van der Waals surface area contributed by atoms with E-state index in [0.717, 1.165) is 49.7 Å². The van der Waals surface area contributed by atoms with E-state index in [-0.39, 0.29) is 35.5 Å². The van der Waals surface area contributed by atoms with Gasteiger partial charge in [0, 0.05) is 24.3 Å². The quantitative estimate of drug-likeness (QED) is 0.0606. The van der Waals surface area contributed by atoms with Gasteiger partial charge in [0.15, 0.2) is 0 Å². The summed E-state index contributed by atoms with van der Waals surface area (Å²) < 4.78 is 0. The van der Waals surface area contributed by atoms with Gasteiger partial charge in [0.1, 0.15) is 11.5 Å². The average molecular weight is 671 g/mol. The predicted molar refractivity (Wildman–Crippen MR) is 188 cm³/mol. The zero-order chi connectivity index (χ0) is 34.3. The van der Waals surface area contributed by atoms with Crippen LogP contribution >= 0.6 is 11.8 Å². The highest BCUT2D eigenvalue weighted by molar-refractivity contribution is 7.99. The number of carbonyl (C=O) groups is 4. The predicted octanol–water partition coefficient (Wildman–Crippen LogP) is 6.64. The number of aryl methyl sites for hydroxylation is 2. The summed E-state index contributed by atoms with van der Waals surface area (Å²) in [4.78, 5) is 49.1. The van der Waals surface area contributed by atoms with E-state index in [9.17, 15) is 29.4 Å². The van der Waals surface area contributed by atoms with Gasteiger partial charge in [0.25, 0.3) is 11.8 Å². The summed E-state index contributed by atoms with van der Waals surface area (Å²) >= 11 is 1.38. The zero-order valence-corrected chi connectivity index (χ0v) is 28.9. The topological polar surface area (TPSA) is 157 Å². The zero-order valence-electron chi connectivity index (χ0n) is 28.1. The fourth-order valence-electron chi connectivity index (χ4n) is 5.01. The number of hydrogen-bond donors (Lipinski definition) is 6. The Morgan fingerprint density at radius 3 is 1.32 bits per heavy atom. The number of carbonyl (C=O) groups excluding carboxylic acids is 4. The van der Waals surface area contributed by atoms with E-state index in [1.54, 1.807) is 24.3 Å². The fourth-order valence-corrected chi connectivity index (χ4v) is 5.88. The van der Waals surface area contributed by atoms with Crippen LogP contribution in [-0.2, 0) is 22.4 Å². The molecule has 0 atom stereocenters. The van der Waals surface area contributed by atoms with Crippen molar-refractivity contribution in [3.63, 3.8) is 0 Å². The molecule has 0 bridgehead atoms. The molecule has 0 saturated heterocycles. The Bertz CT molecular complexity index is 1180. The molecule has 0 aliphatic carbocycles. The highest BCUT2D eigenvalue weighted by atomic mass is 32.2. The van der Waals surface area contributed by atoms with Crippen LogP contribution in [0.4, 0.5) is 0 Å². The van der Waals surface area contributed by atoms with Crippen molar-refractivity contribution in [2.75, 3.05) is 11.5 Å². The van der Waals surface area contributed by atoms with Crippen molar-refractivity contribution in [1.29, 1.82) is 0 Å². The van der Waals surface area contributed by atoms with Gasteiger partial charge in [-0.1, -0.05) is 90.2 Å². The van der Waals surface area contributed by atoms with Crippen LogP contribution in [0.3, 0.4) is 0 Å². The van der Waals surface area contributed by atoms with Crippen LogP contribution in [0.15, 0.2) is 36.4 Å². The van der Waals surface area contributed by atoms with Gasteiger partial charge < -0.3 is 10.2 Å². The Kier molecular flexibility index (Phi) is 19.8. The van der Waals surface area contributed by atoms with Crippen molar-refractivity contribution in [2.24, 2.45) is 0 Å². The minimum atomic E-state index is -0.606. The number of thioether (sulfide) groups is 1. The molecule has 0 aliphatic heterocycles. The summed E-state index contributed by atoms with van der Waals surface area (Å²) in [6.07, 6.45) is 16.1. The molecule has 0 saturated carbocycles. The molecule has 2 aromatic carbocycles. The number of rotatable bonds is 22. The summed E-state index contributed by atoms with van der Waals surface area (Å²) in [7, 11) is 0. The van der Waals surface area contributed by atoms with Crippen LogP contribution < -0.4 is 21.7 Å². The minimum Gasteiger partial charge on any atom is -0.507 e. The Hall–Kier alpha value is -3.73. The number of benzene rings is 2. The van der Waals surface area contributed by atoms with Gasteiger partial charge >= 0.3 is 0 Å². The van der Waals surface area contributed by atoms with Gasteiger partial charge in [-0.15, -0.1) is 0 Å². The van der Waals surface area contributed by atoms with E-state index in [2.05, 4.69) is 35.6 Å². The summed E-state index contributed by atoms with van der Waals surface area (Å²) in [5.41, 5.74) is 11.4. The van der Waals surface area contributed by atoms with Crippen molar-refractivity contribution in [3.8, 4) is 11.5 Å². The molecule has 0 heterocycles. The largest absolute Gasteiger partial charge is 0.507 e. The van der Waals surface area contributed by atoms with Gasteiger partial charge in [0.05, 0.1) is 11.1 Å². The van der Waals surface area contributed by atoms with Crippen molar-refractivity contribution in [2.45, 2.75) is 117 Å². The molecule has 2 aromatic rings. The first kappa shape index (κ1) is 39.4. The van der Waals surface area contributed by atoms with Crippen molar-refractivity contribution >= 4 is 35.4 Å². The number of nitrogens with one attached hydrogen (secondary N) is 4. The van der Waals surface area contributed by atoms with E-state index >= 15 is 0 Å². The molecule has 6 N–H and O–H groups in total. The summed E-state index contributed by atoms with van der Waals surface area (Å²) in [5, 5.41) is 20.6. The van der Waals surface area contributed by atoms with Gasteiger partial charge in [-0.05, 0) is 61.1 Å². The molecule has 0 aliphatic rings. The monoisotopic (exact) mass is 670 g/mol. The molecule has 10 nitrogen and oxygen atoms in total. The molecule has 0 unspecified atom stereocenters. The fraction of sp³-hybridized carbons (Fsp3) is 0.556. The Morgan fingerprint density at radius 2 is 0.936 bits per heavy atom. The number of phenols is 2. The first-order chi connectivity index (χ1) is 22.7. The third kappa shape index (κ3) is 16.6. The van der Waals surface area contributed by atoms with E-state index < -0.39 is 23.6 Å². The van der Waals surface area contributed by atoms with Gasteiger partial charge in [-0.2, -0.15) is 11.8 Å². The maximum absolute atomic E-state index is 12.4. The second-order valence-electron chi connectivity index (χ2n) is 11.9. The molecule has 2 rings (SSSR count). The highest BCUT2D eigenvalue weighted by Crippen LogP contribution is 2.22. The maximum atomic E-state index is 12.4. The molecule has 11 heteroatoms. The van der Waals surface area contributed by atoms with Gasteiger partial charge in [-0.25, -0.2) is 0 Å². The average Bonchev–Trinajstić information content (AvgIpc) is 3.05. The normalized spacial score (nSPS) is 10.8. The van der Waals surface area contributed by atoms with Crippen molar-refractivity contribution < 1.29 is 29.4 Å². The van der Waals surface area contributed by atoms with Crippen LogP contribution in [0.5, 0.6) is 11.5 Å². The third-order valence-corrected chi connectivity index (χ3v) is 8.81. The molecule has 0 aromatic heterocycles. The number of amides is 4. The van der Waals surface area contributed by atoms with Gasteiger partial charge in [-0.3, -0.25) is 40.9 Å². The third-order valence-electron chi connectivity index (χ3n) is 7.83. The highest BCUT2D eigenvalue weighted by Gasteiger charge is 2.14. The number of unbranched alkanes of at least 4 members (excludes halogenated alkanes) is 10. The van der Waals surface area contributed by atoms with Crippen molar-refractivity contribution in [1.82, 2.24) is 21.7 Å². The first-order valence-corrected chi connectivity index (χ1v) is 18.3. The lowest BCUT2D eigenvalue weighted by molar-refractivity contribution is -0.122. The van der Waals surface area contributed by atoms with Crippen LogP contribution in [-0.4, -0.2) is 45.3 Å². The lowest BCUT2D eigenvalue weighted by Gasteiger charge is -2.10. The summed E-state index contributed by atoms with van der Waals surface area (Å²) in [6, 6.07) is 9.95. The molecule has 260 valence electrons. The smallest absolute Gasteiger partial charge is 0.273 e. The van der Waals surface area contributed by atoms with Crippen LogP contribution in [0, 0.1) is 0 Å².